The van der Waals surface area contributed by atoms with Gasteiger partial charge in [-0.25, -0.2) is 0 Å². The molecule has 0 bridgehead atoms. The fraction of sp³-hybridized carbons (Fsp3) is 0.733. The lowest BCUT2D eigenvalue weighted by molar-refractivity contribution is -0.138. The van der Waals surface area contributed by atoms with Gasteiger partial charge in [0, 0.05) is 38.4 Å². The molecular formula is C15H24N4O. The second-order valence-electron chi connectivity index (χ2n) is 6.21. The normalized spacial score (nSPS) is 22.9. The van der Waals surface area contributed by atoms with E-state index in [4.69, 9.17) is 0 Å². The molecule has 2 aliphatic heterocycles. The summed E-state index contributed by atoms with van der Waals surface area (Å²) in [4.78, 5) is 16.9. The number of carbonyl (C=O) groups is 1. The largest absolute Gasteiger partial charge is 0.342 e. The smallest absolute Gasteiger partial charge is 0.228 e. The molecule has 1 aromatic heterocycles. The molecule has 3 rings (SSSR count). The van der Waals surface area contributed by atoms with Gasteiger partial charge in [-0.05, 0) is 39.3 Å². The average Bonchev–Trinajstić information content (AvgIpc) is 2.98. The van der Waals surface area contributed by atoms with Crippen molar-refractivity contribution in [2.24, 2.45) is 12.5 Å². The van der Waals surface area contributed by atoms with Crippen molar-refractivity contribution in [1.29, 1.82) is 0 Å². The second kappa shape index (κ2) is 5.20. The molecule has 0 atom stereocenters. The topological polar surface area (TPSA) is 41.4 Å². The second-order valence-corrected chi connectivity index (χ2v) is 6.21. The minimum atomic E-state index is -0.0402. The number of hydrogen-bond acceptors (Lipinski definition) is 3. The van der Waals surface area contributed by atoms with Crippen molar-refractivity contribution >= 4 is 5.91 Å². The molecule has 20 heavy (non-hydrogen) atoms. The Kier molecular flexibility index (Phi) is 3.54. The van der Waals surface area contributed by atoms with E-state index in [-0.39, 0.29) is 5.41 Å². The summed E-state index contributed by atoms with van der Waals surface area (Å²) in [5, 5.41) is 4.22. The molecule has 0 aromatic carbocycles. The van der Waals surface area contributed by atoms with Gasteiger partial charge in [0.25, 0.3) is 0 Å². The summed E-state index contributed by atoms with van der Waals surface area (Å²) in [7, 11) is 1.95. The summed E-state index contributed by atoms with van der Waals surface area (Å²) < 4.78 is 1.85. The molecule has 1 aromatic rings. The predicted molar refractivity (Wildman–Crippen MR) is 77.0 cm³/mol. The third-order valence-corrected chi connectivity index (χ3v) is 4.96. The lowest BCUT2D eigenvalue weighted by Gasteiger charge is -2.37. The van der Waals surface area contributed by atoms with Gasteiger partial charge in [0.15, 0.2) is 0 Å². The molecule has 0 aliphatic carbocycles. The van der Waals surface area contributed by atoms with Crippen molar-refractivity contribution in [3.8, 4) is 0 Å². The Morgan fingerprint density at radius 2 is 1.95 bits per heavy atom. The molecule has 1 amide bonds. The maximum Gasteiger partial charge on any atom is 0.228 e. The molecule has 3 heterocycles. The Labute approximate surface area is 120 Å². The maximum atomic E-state index is 12.5. The Hall–Kier alpha value is -1.36. The van der Waals surface area contributed by atoms with E-state index >= 15 is 0 Å². The number of carbonyl (C=O) groups excluding carboxylic acids is 1. The first kappa shape index (κ1) is 13.6. The molecular weight excluding hydrogens is 252 g/mol. The summed E-state index contributed by atoms with van der Waals surface area (Å²) in [6, 6.07) is 0. The first-order chi connectivity index (χ1) is 9.63. The summed E-state index contributed by atoms with van der Waals surface area (Å²) in [5.41, 5.74) is 1.22. The summed E-state index contributed by atoms with van der Waals surface area (Å²) in [5.74, 6) is 0.404. The van der Waals surface area contributed by atoms with Crippen molar-refractivity contribution in [3.63, 3.8) is 0 Å². The van der Waals surface area contributed by atoms with Crippen molar-refractivity contribution in [2.75, 3.05) is 26.2 Å². The number of amides is 1. The number of rotatable bonds is 3. The van der Waals surface area contributed by atoms with Crippen LogP contribution in [0.15, 0.2) is 12.4 Å². The van der Waals surface area contributed by atoms with Crippen LogP contribution in [-0.4, -0.2) is 51.7 Å². The van der Waals surface area contributed by atoms with Gasteiger partial charge in [-0.3, -0.25) is 14.4 Å². The van der Waals surface area contributed by atoms with Crippen LogP contribution in [0.2, 0.25) is 0 Å². The number of nitrogens with zero attached hydrogens (tertiary/aromatic N) is 4. The molecule has 0 N–H and O–H groups in total. The molecule has 5 heteroatoms. The summed E-state index contributed by atoms with van der Waals surface area (Å²) in [6.07, 6.45) is 7.10. The summed E-state index contributed by atoms with van der Waals surface area (Å²) >= 11 is 0. The number of aryl methyl sites for hydroxylation is 1. The maximum absolute atomic E-state index is 12.5. The quantitative estimate of drug-likeness (QED) is 0.834. The van der Waals surface area contributed by atoms with Crippen LogP contribution in [0.5, 0.6) is 0 Å². The average molecular weight is 276 g/mol. The Morgan fingerprint density at radius 1 is 1.25 bits per heavy atom. The highest BCUT2D eigenvalue weighted by atomic mass is 16.2. The van der Waals surface area contributed by atoms with E-state index in [0.29, 0.717) is 5.91 Å². The molecule has 0 radical (unpaired) electrons. The molecule has 2 aliphatic rings. The molecule has 1 spiro atoms. The predicted octanol–water partition coefficient (Wildman–Crippen LogP) is 1.25. The lowest BCUT2D eigenvalue weighted by atomic mass is 9.77. The van der Waals surface area contributed by atoms with E-state index in [1.54, 1.807) is 0 Å². The van der Waals surface area contributed by atoms with Crippen LogP contribution in [0.3, 0.4) is 0 Å². The summed E-state index contributed by atoms with van der Waals surface area (Å²) in [6.45, 7) is 6.90. The van der Waals surface area contributed by atoms with Crippen molar-refractivity contribution in [3.05, 3.63) is 18.0 Å². The molecule has 110 valence electrons. The fourth-order valence-electron chi connectivity index (χ4n) is 3.61. The van der Waals surface area contributed by atoms with Gasteiger partial charge in [0.2, 0.25) is 5.91 Å². The zero-order valence-electron chi connectivity index (χ0n) is 12.5. The monoisotopic (exact) mass is 276 g/mol. The third-order valence-electron chi connectivity index (χ3n) is 4.96. The van der Waals surface area contributed by atoms with Gasteiger partial charge in [0.1, 0.15) is 0 Å². The van der Waals surface area contributed by atoms with Crippen LogP contribution in [0, 0.1) is 5.41 Å². The van der Waals surface area contributed by atoms with Crippen molar-refractivity contribution in [1.82, 2.24) is 19.6 Å². The van der Waals surface area contributed by atoms with Crippen LogP contribution >= 0.6 is 0 Å². The highest BCUT2D eigenvalue weighted by Crippen LogP contribution is 2.41. The Bertz CT molecular complexity index is 488. The van der Waals surface area contributed by atoms with E-state index in [0.717, 1.165) is 52.0 Å². The highest BCUT2D eigenvalue weighted by molar-refractivity contribution is 5.85. The number of aromatic nitrogens is 2. The van der Waals surface area contributed by atoms with Crippen LogP contribution in [0.4, 0.5) is 0 Å². The van der Waals surface area contributed by atoms with E-state index in [1.165, 1.54) is 5.56 Å². The number of likely N-dealkylation sites (tertiary alicyclic amines) is 2. The van der Waals surface area contributed by atoms with Crippen LogP contribution in [0.25, 0.3) is 0 Å². The van der Waals surface area contributed by atoms with Crippen LogP contribution < -0.4 is 0 Å². The Morgan fingerprint density at radius 3 is 2.50 bits per heavy atom. The molecule has 2 fully saturated rings. The fourth-order valence-corrected chi connectivity index (χ4v) is 3.61. The van der Waals surface area contributed by atoms with E-state index in [1.807, 2.05) is 22.8 Å². The minimum Gasteiger partial charge on any atom is -0.342 e. The molecule has 2 saturated heterocycles. The van der Waals surface area contributed by atoms with Gasteiger partial charge in [-0.2, -0.15) is 5.10 Å². The van der Waals surface area contributed by atoms with E-state index in [9.17, 15) is 4.79 Å². The molecule has 0 saturated carbocycles. The SMILES string of the molecule is CCN1CCC2(CCN(Cc3cnn(C)c3)CC2)C1=O. The van der Waals surface area contributed by atoms with Crippen LogP contribution in [-0.2, 0) is 18.4 Å². The number of piperidine rings is 1. The lowest BCUT2D eigenvalue weighted by Crippen LogP contribution is -2.44. The van der Waals surface area contributed by atoms with Crippen LogP contribution in [0.1, 0.15) is 31.7 Å². The Balaban J connectivity index is 1.58. The van der Waals surface area contributed by atoms with Gasteiger partial charge in [0.05, 0.1) is 11.6 Å². The minimum absolute atomic E-state index is 0.0402. The van der Waals surface area contributed by atoms with Gasteiger partial charge < -0.3 is 4.90 Å². The number of hydrogen-bond donors (Lipinski definition) is 0. The van der Waals surface area contributed by atoms with Gasteiger partial charge in [-0.1, -0.05) is 0 Å². The van der Waals surface area contributed by atoms with Gasteiger partial charge >= 0.3 is 0 Å². The first-order valence-electron chi connectivity index (χ1n) is 7.62. The van der Waals surface area contributed by atoms with Crippen molar-refractivity contribution < 1.29 is 4.79 Å². The zero-order valence-corrected chi connectivity index (χ0v) is 12.5. The molecule has 0 unspecified atom stereocenters. The molecule has 5 nitrogen and oxygen atoms in total. The third kappa shape index (κ3) is 2.35. The standard InChI is InChI=1S/C15H24N4O/c1-3-19-9-6-15(14(19)20)4-7-18(8-5-15)12-13-10-16-17(2)11-13/h10-11H,3-9,12H2,1-2H3. The van der Waals surface area contributed by atoms with E-state index in [2.05, 4.69) is 23.1 Å². The first-order valence-corrected chi connectivity index (χ1v) is 7.62. The van der Waals surface area contributed by atoms with Crippen molar-refractivity contribution in [2.45, 2.75) is 32.7 Å². The van der Waals surface area contributed by atoms with Gasteiger partial charge in [-0.15, -0.1) is 0 Å². The zero-order chi connectivity index (χ0) is 14.2. The highest BCUT2D eigenvalue weighted by Gasteiger charge is 2.47. The van der Waals surface area contributed by atoms with E-state index < -0.39 is 0 Å².